The number of rotatable bonds is 4. The van der Waals surface area contributed by atoms with Crippen molar-refractivity contribution in [3.8, 4) is 0 Å². The van der Waals surface area contributed by atoms with Crippen molar-refractivity contribution >= 4 is 39.9 Å². The molecule has 4 aromatic rings. The lowest BCUT2D eigenvalue weighted by atomic mass is 10.2. The van der Waals surface area contributed by atoms with Crippen molar-refractivity contribution in [2.45, 2.75) is 31.9 Å². The first kappa shape index (κ1) is 19.2. The molecular formula is C20H23N9O2. The number of nitrogens with two attached hydrogens (primary N) is 2. The van der Waals surface area contributed by atoms with Crippen LogP contribution in [0.2, 0.25) is 0 Å². The first-order valence-electron chi connectivity index (χ1n) is 10.1. The van der Waals surface area contributed by atoms with E-state index in [0.29, 0.717) is 30.6 Å². The van der Waals surface area contributed by atoms with E-state index in [-0.39, 0.29) is 24.2 Å². The van der Waals surface area contributed by atoms with Crippen LogP contribution in [0.5, 0.6) is 0 Å². The molecule has 1 aliphatic rings. The quantitative estimate of drug-likeness (QED) is 0.371. The van der Waals surface area contributed by atoms with Gasteiger partial charge in [0, 0.05) is 25.9 Å². The maximum atomic E-state index is 12.8. The van der Waals surface area contributed by atoms with E-state index in [1.807, 2.05) is 25.1 Å². The van der Waals surface area contributed by atoms with Crippen LogP contribution in [0.15, 0.2) is 24.5 Å². The number of aliphatic hydroxyl groups excluding tert-OH is 1. The van der Waals surface area contributed by atoms with Gasteiger partial charge in [0.1, 0.15) is 11.3 Å². The van der Waals surface area contributed by atoms with Gasteiger partial charge in [-0.15, -0.1) is 0 Å². The third kappa shape index (κ3) is 3.42. The van der Waals surface area contributed by atoms with Crippen molar-refractivity contribution in [2.75, 3.05) is 24.6 Å². The van der Waals surface area contributed by atoms with Crippen LogP contribution in [0.3, 0.4) is 0 Å². The molecule has 0 spiro atoms. The SMILES string of the molecule is Cc1ccc2nc(CCC(=O)N3C[C@H](O)[C@@H](n4cnc5c(N)nc(N)nc54)C3)[nH]c2c1. The van der Waals surface area contributed by atoms with E-state index in [4.69, 9.17) is 11.5 Å². The Morgan fingerprint density at radius 1 is 1.26 bits per heavy atom. The van der Waals surface area contributed by atoms with Gasteiger partial charge in [-0.05, 0) is 24.6 Å². The van der Waals surface area contributed by atoms with Crippen molar-refractivity contribution in [3.63, 3.8) is 0 Å². The number of likely N-dealkylation sites (tertiary alicyclic amines) is 1. The number of nitrogen functional groups attached to an aromatic ring is 2. The summed E-state index contributed by atoms with van der Waals surface area (Å²) in [5.41, 5.74) is 15.4. The molecule has 0 bridgehead atoms. The Balaban J connectivity index is 1.29. The maximum absolute atomic E-state index is 12.8. The van der Waals surface area contributed by atoms with Crippen LogP contribution in [0.4, 0.5) is 11.8 Å². The third-order valence-electron chi connectivity index (χ3n) is 5.70. The van der Waals surface area contributed by atoms with E-state index >= 15 is 0 Å². The lowest BCUT2D eigenvalue weighted by Gasteiger charge is -2.17. The number of aromatic amines is 1. The molecule has 5 rings (SSSR count). The molecule has 6 N–H and O–H groups in total. The van der Waals surface area contributed by atoms with Gasteiger partial charge in [0.25, 0.3) is 0 Å². The van der Waals surface area contributed by atoms with Gasteiger partial charge in [0.05, 0.1) is 29.5 Å². The number of nitrogens with zero attached hydrogens (tertiary/aromatic N) is 6. The molecule has 11 heteroatoms. The zero-order valence-electron chi connectivity index (χ0n) is 17.0. The number of H-pyrrole nitrogens is 1. The number of fused-ring (bicyclic) bond motifs is 2. The third-order valence-corrected chi connectivity index (χ3v) is 5.70. The Bertz CT molecular complexity index is 1290. The summed E-state index contributed by atoms with van der Waals surface area (Å²) in [6.45, 7) is 2.60. The van der Waals surface area contributed by atoms with Crippen molar-refractivity contribution in [2.24, 2.45) is 0 Å². The van der Waals surface area contributed by atoms with Crippen LogP contribution in [0.25, 0.3) is 22.2 Å². The largest absolute Gasteiger partial charge is 0.389 e. The molecule has 31 heavy (non-hydrogen) atoms. The van der Waals surface area contributed by atoms with Gasteiger partial charge in [-0.2, -0.15) is 9.97 Å². The van der Waals surface area contributed by atoms with E-state index in [1.165, 1.54) is 0 Å². The summed E-state index contributed by atoms with van der Waals surface area (Å²) in [4.78, 5) is 34.6. The fourth-order valence-electron chi connectivity index (χ4n) is 4.12. The first-order valence-corrected chi connectivity index (χ1v) is 10.1. The van der Waals surface area contributed by atoms with E-state index < -0.39 is 12.1 Å². The number of β-amino-alcohol motifs (C(OH)–C–C–N with tert-alkyl or cyclic N) is 1. The Hall–Kier alpha value is -3.73. The second-order valence-corrected chi connectivity index (χ2v) is 7.93. The molecule has 2 atom stereocenters. The number of aryl methyl sites for hydroxylation is 2. The first-order chi connectivity index (χ1) is 14.9. The Labute approximate surface area is 177 Å². The molecule has 1 saturated heterocycles. The molecule has 0 saturated carbocycles. The number of carbonyl (C=O) groups excluding carboxylic acids is 1. The van der Waals surface area contributed by atoms with Gasteiger partial charge in [-0.3, -0.25) is 4.79 Å². The number of aromatic nitrogens is 6. The fraction of sp³-hybridized carbons (Fsp3) is 0.350. The summed E-state index contributed by atoms with van der Waals surface area (Å²) in [7, 11) is 0. The molecule has 0 aliphatic carbocycles. The summed E-state index contributed by atoms with van der Waals surface area (Å²) >= 11 is 0. The van der Waals surface area contributed by atoms with Crippen molar-refractivity contribution in [1.82, 2.24) is 34.4 Å². The molecule has 1 aliphatic heterocycles. The lowest BCUT2D eigenvalue weighted by Crippen LogP contribution is -2.29. The highest BCUT2D eigenvalue weighted by Gasteiger charge is 2.36. The highest BCUT2D eigenvalue weighted by Crippen LogP contribution is 2.28. The van der Waals surface area contributed by atoms with Crippen LogP contribution in [0.1, 0.15) is 23.9 Å². The van der Waals surface area contributed by atoms with Crippen LogP contribution in [-0.2, 0) is 11.2 Å². The Morgan fingerprint density at radius 2 is 2.10 bits per heavy atom. The maximum Gasteiger partial charge on any atom is 0.224 e. The summed E-state index contributed by atoms with van der Waals surface area (Å²) in [5, 5.41) is 10.6. The molecule has 160 valence electrons. The number of imidazole rings is 2. The fourth-order valence-corrected chi connectivity index (χ4v) is 4.12. The molecule has 1 aromatic carbocycles. The minimum atomic E-state index is -0.757. The van der Waals surface area contributed by atoms with Crippen molar-refractivity contribution < 1.29 is 9.90 Å². The average molecular weight is 421 g/mol. The van der Waals surface area contributed by atoms with Crippen LogP contribution >= 0.6 is 0 Å². The van der Waals surface area contributed by atoms with Crippen LogP contribution in [0, 0.1) is 6.92 Å². The van der Waals surface area contributed by atoms with Gasteiger partial charge >= 0.3 is 0 Å². The number of hydrogen-bond donors (Lipinski definition) is 4. The van der Waals surface area contributed by atoms with Crippen LogP contribution < -0.4 is 11.5 Å². The molecule has 11 nitrogen and oxygen atoms in total. The molecule has 3 aromatic heterocycles. The monoisotopic (exact) mass is 421 g/mol. The normalized spacial score (nSPS) is 19.0. The number of benzene rings is 1. The zero-order valence-corrected chi connectivity index (χ0v) is 17.0. The summed E-state index contributed by atoms with van der Waals surface area (Å²) in [6, 6.07) is 5.62. The number of aliphatic hydroxyl groups is 1. The highest BCUT2D eigenvalue weighted by atomic mass is 16.3. The van der Waals surface area contributed by atoms with Crippen molar-refractivity contribution in [1.29, 1.82) is 0 Å². The summed E-state index contributed by atoms with van der Waals surface area (Å²) in [6.07, 6.45) is 1.59. The smallest absolute Gasteiger partial charge is 0.224 e. The van der Waals surface area contributed by atoms with E-state index in [1.54, 1.807) is 15.8 Å². The van der Waals surface area contributed by atoms with Gasteiger partial charge in [-0.1, -0.05) is 6.07 Å². The molecule has 1 fully saturated rings. The number of carbonyl (C=O) groups is 1. The van der Waals surface area contributed by atoms with Gasteiger partial charge in [0.2, 0.25) is 11.9 Å². The number of nitrogens with one attached hydrogen (secondary N) is 1. The average Bonchev–Trinajstić information content (AvgIpc) is 3.42. The minimum absolute atomic E-state index is 0.0354. The van der Waals surface area contributed by atoms with E-state index in [9.17, 15) is 9.90 Å². The van der Waals surface area contributed by atoms with Crippen molar-refractivity contribution in [3.05, 3.63) is 35.9 Å². The number of amides is 1. The molecule has 0 unspecified atom stereocenters. The molecule has 4 heterocycles. The van der Waals surface area contributed by atoms with Crippen LogP contribution in [-0.4, -0.2) is 64.6 Å². The highest BCUT2D eigenvalue weighted by molar-refractivity contribution is 5.83. The van der Waals surface area contributed by atoms with Gasteiger partial charge < -0.3 is 31.0 Å². The minimum Gasteiger partial charge on any atom is -0.389 e. The topological polar surface area (TPSA) is 165 Å². The molecule has 1 amide bonds. The number of anilines is 2. The van der Waals surface area contributed by atoms with Gasteiger partial charge in [-0.25, -0.2) is 9.97 Å². The predicted molar refractivity (Wildman–Crippen MR) is 115 cm³/mol. The second-order valence-electron chi connectivity index (χ2n) is 7.93. The predicted octanol–water partition coefficient (Wildman–Crippen LogP) is 0.552. The molecule has 0 radical (unpaired) electrons. The van der Waals surface area contributed by atoms with E-state index in [2.05, 4.69) is 24.9 Å². The second kappa shape index (κ2) is 7.20. The Morgan fingerprint density at radius 3 is 2.94 bits per heavy atom. The Kier molecular flexibility index (Phi) is 4.47. The standard InChI is InChI=1S/C20H23N9O2/c1-10-2-3-11-12(6-10)25-15(24-11)4-5-16(31)28-7-13(14(30)8-28)29-9-23-17-18(21)26-20(22)27-19(17)29/h2-3,6,9,13-14,30H,4-5,7-8H2,1H3,(H,24,25)(H4,21,22,26,27)/t13-,14-/m0/s1. The number of hydrogen-bond acceptors (Lipinski definition) is 8. The van der Waals surface area contributed by atoms with E-state index in [0.717, 1.165) is 22.4 Å². The summed E-state index contributed by atoms with van der Waals surface area (Å²) in [5.74, 6) is 0.945. The summed E-state index contributed by atoms with van der Waals surface area (Å²) < 4.78 is 1.71. The zero-order chi connectivity index (χ0) is 21.7. The molecular weight excluding hydrogens is 398 g/mol. The van der Waals surface area contributed by atoms with Gasteiger partial charge in [0.15, 0.2) is 11.5 Å². The lowest BCUT2D eigenvalue weighted by molar-refractivity contribution is -0.130.